The summed E-state index contributed by atoms with van der Waals surface area (Å²) in [4.78, 5) is 9.43. The van der Waals surface area contributed by atoms with E-state index in [2.05, 4.69) is 17.2 Å². The molecular weight excluding hydrogens is 305 g/mol. The normalized spacial score (nSPS) is 14.3. The van der Waals surface area contributed by atoms with E-state index in [-0.39, 0.29) is 0 Å². The van der Waals surface area contributed by atoms with Crippen molar-refractivity contribution >= 4 is 29.0 Å². The lowest BCUT2D eigenvalue weighted by molar-refractivity contribution is 0.918. The minimum absolute atomic E-state index is 0.504. The molecule has 2 aromatic rings. The lowest BCUT2D eigenvalue weighted by Crippen LogP contribution is -2.07. The Kier molecular flexibility index (Phi) is 4.05. The third-order valence-corrected chi connectivity index (χ3v) is 4.38. The first-order valence-electron chi connectivity index (χ1n) is 7.18. The molecule has 0 amide bonds. The van der Waals surface area contributed by atoms with Gasteiger partial charge in [-0.15, -0.1) is 0 Å². The van der Waals surface area contributed by atoms with Crippen LogP contribution < -0.4 is 5.32 Å². The molecule has 0 aliphatic heterocycles. The van der Waals surface area contributed by atoms with Gasteiger partial charge < -0.3 is 5.32 Å². The van der Waals surface area contributed by atoms with Crippen LogP contribution in [-0.4, -0.2) is 16.5 Å². The van der Waals surface area contributed by atoms with E-state index in [0.29, 0.717) is 16.0 Å². The SMILES string of the molecule is CCNc1nc(C2CC2)nc(-c2ccc(Cl)c(Cl)c2)c1C. The monoisotopic (exact) mass is 321 g/mol. The third-order valence-electron chi connectivity index (χ3n) is 3.64. The molecule has 1 fully saturated rings. The van der Waals surface area contributed by atoms with Gasteiger partial charge in [0, 0.05) is 23.6 Å². The molecule has 110 valence electrons. The van der Waals surface area contributed by atoms with Gasteiger partial charge >= 0.3 is 0 Å². The average molecular weight is 322 g/mol. The van der Waals surface area contributed by atoms with Gasteiger partial charge in [-0.1, -0.05) is 29.3 Å². The Morgan fingerprint density at radius 3 is 2.57 bits per heavy atom. The summed E-state index contributed by atoms with van der Waals surface area (Å²) < 4.78 is 0. The highest BCUT2D eigenvalue weighted by molar-refractivity contribution is 6.42. The van der Waals surface area contributed by atoms with Crippen LogP contribution in [0.15, 0.2) is 18.2 Å². The second kappa shape index (κ2) is 5.82. The fraction of sp³-hybridized carbons (Fsp3) is 0.375. The smallest absolute Gasteiger partial charge is 0.134 e. The third kappa shape index (κ3) is 2.99. The molecule has 1 aliphatic rings. The zero-order chi connectivity index (χ0) is 15.0. The average Bonchev–Trinajstić information content (AvgIpc) is 3.29. The van der Waals surface area contributed by atoms with Gasteiger partial charge in [-0.3, -0.25) is 0 Å². The second-order valence-corrected chi connectivity index (χ2v) is 6.15. The van der Waals surface area contributed by atoms with Crippen molar-refractivity contribution in [3.05, 3.63) is 39.6 Å². The van der Waals surface area contributed by atoms with Crippen molar-refractivity contribution in [2.24, 2.45) is 0 Å². The molecule has 0 atom stereocenters. The molecule has 1 N–H and O–H groups in total. The van der Waals surface area contributed by atoms with E-state index in [0.717, 1.165) is 35.0 Å². The molecule has 0 saturated heterocycles. The van der Waals surface area contributed by atoms with E-state index in [4.69, 9.17) is 28.2 Å². The minimum atomic E-state index is 0.504. The Morgan fingerprint density at radius 2 is 1.95 bits per heavy atom. The number of rotatable bonds is 4. The molecule has 3 nitrogen and oxygen atoms in total. The number of nitrogens with one attached hydrogen (secondary N) is 1. The topological polar surface area (TPSA) is 37.8 Å². The molecule has 1 aliphatic carbocycles. The van der Waals surface area contributed by atoms with Crippen molar-refractivity contribution in [3.63, 3.8) is 0 Å². The zero-order valence-electron chi connectivity index (χ0n) is 12.1. The summed E-state index contributed by atoms with van der Waals surface area (Å²) in [7, 11) is 0. The van der Waals surface area contributed by atoms with Crippen molar-refractivity contribution in [3.8, 4) is 11.3 Å². The predicted molar refractivity (Wildman–Crippen MR) is 88.4 cm³/mol. The lowest BCUT2D eigenvalue weighted by atomic mass is 10.1. The quantitative estimate of drug-likeness (QED) is 0.854. The Bertz CT molecular complexity index is 681. The van der Waals surface area contributed by atoms with Gasteiger partial charge in [-0.25, -0.2) is 9.97 Å². The predicted octanol–water partition coefficient (Wildman–Crippen LogP) is 5.07. The molecule has 1 aromatic carbocycles. The molecule has 1 heterocycles. The largest absolute Gasteiger partial charge is 0.370 e. The summed E-state index contributed by atoms with van der Waals surface area (Å²) in [6.45, 7) is 4.94. The number of anilines is 1. The molecule has 0 bridgehead atoms. The Balaban J connectivity index is 2.12. The summed E-state index contributed by atoms with van der Waals surface area (Å²) in [5, 5.41) is 4.43. The summed E-state index contributed by atoms with van der Waals surface area (Å²) in [5.41, 5.74) is 2.95. The summed E-state index contributed by atoms with van der Waals surface area (Å²) >= 11 is 12.1. The highest BCUT2D eigenvalue weighted by atomic mass is 35.5. The van der Waals surface area contributed by atoms with Gasteiger partial charge in [0.25, 0.3) is 0 Å². The number of nitrogens with zero attached hydrogens (tertiary/aromatic N) is 2. The molecule has 21 heavy (non-hydrogen) atoms. The summed E-state index contributed by atoms with van der Waals surface area (Å²) in [6, 6.07) is 5.63. The van der Waals surface area contributed by atoms with Crippen LogP contribution in [0.5, 0.6) is 0 Å². The van der Waals surface area contributed by atoms with Gasteiger partial charge in [0.15, 0.2) is 0 Å². The van der Waals surface area contributed by atoms with Crippen molar-refractivity contribution in [2.45, 2.75) is 32.6 Å². The molecule has 5 heteroatoms. The standard InChI is InChI=1S/C16H17Cl2N3/c1-3-19-15-9(2)14(20-16(21-15)10-4-5-10)11-6-7-12(17)13(18)8-11/h6-8,10H,3-5H2,1-2H3,(H,19,20,21). The van der Waals surface area contributed by atoms with Crippen molar-refractivity contribution in [2.75, 3.05) is 11.9 Å². The maximum atomic E-state index is 6.14. The van der Waals surface area contributed by atoms with Crippen LogP contribution in [0.1, 0.15) is 37.1 Å². The molecule has 0 radical (unpaired) electrons. The van der Waals surface area contributed by atoms with Crippen molar-refractivity contribution in [1.29, 1.82) is 0 Å². The number of hydrogen-bond acceptors (Lipinski definition) is 3. The Morgan fingerprint density at radius 1 is 1.19 bits per heavy atom. The van der Waals surface area contributed by atoms with Gasteiger partial charge in [-0.2, -0.15) is 0 Å². The van der Waals surface area contributed by atoms with E-state index in [1.54, 1.807) is 0 Å². The molecular formula is C16H17Cl2N3. The van der Waals surface area contributed by atoms with Gasteiger partial charge in [0.2, 0.25) is 0 Å². The zero-order valence-corrected chi connectivity index (χ0v) is 13.6. The van der Waals surface area contributed by atoms with Crippen LogP contribution >= 0.6 is 23.2 Å². The maximum Gasteiger partial charge on any atom is 0.134 e. The fourth-order valence-electron chi connectivity index (χ4n) is 2.32. The van der Waals surface area contributed by atoms with Crippen molar-refractivity contribution in [1.82, 2.24) is 9.97 Å². The number of aromatic nitrogens is 2. The van der Waals surface area contributed by atoms with Gasteiger partial charge in [0.1, 0.15) is 11.6 Å². The van der Waals surface area contributed by atoms with E-state index in [9.17, 15) is 0 Å². The Labute approximate surface area is 134 Å². The molecule has 3 rings (SSSR count). The van der Waals surface area contributed by atoms with Crippen molar-refractivity contribution < 1.29 is 0 Å². The summed E-state index contributed by atoms with van der Waals surface area (Å²) in [6.07, 6.45) is 2.35. The van der Waals surface area contributed by atoms with Gasteiger partial charge in [-0.05, 0) is 38.8 Å². The van der Waals surface area contributed by atoms with Crippen LogP contribution in [0.3, 0.4) is 0 Å². The highest BCUT2D eigenvalue weighted by Gasteiger charge is 2.28. The first-order chi connectivity index (χ1) is 10.1. The second-order valence-electron chi connectivity index (χ2n) is 5.34. The van der Waals surface area contributed by atoms with Crippen LogP contribution in [-0.2, 0) is 0 Å². The highest BCUT2D eigenvalue weighted by Crippen LogP contribution is 2.40. The van der Waals surface area contributed by atoms with Gasteiger partial charge in [0.05, 0.1) is 15.7 Å². The molecule has 1 saturated carbocycles. The molecule has 0 unspecified atom stereocenters. The first kappa shape index (κ1) is 14.6. The van der Waals surface area contributed by atoms with E-state index >= 15 is 0 Å². The number of benzene rings is 1. The van der Waals surface area contributed by atoms with E-state index in [1.807, 2.05) is 25.1 Å². The van der Waals surface area contributed by atoms with Crippen LogP contribution in [0.25, 0.3) is 11.3 Å². The van der Waals surface area contributed by atoms with E-state index < -0.39 is 0 Å². The molecule has 1 aromatic heterocycles. The van der Waals surface area contributed by atoms with Crippen LogP contribution in [0.4, 0.5) is 5.82 Å². The maximum absolute atomic E-state index is 6.14. The molecule has 0 spiro atoms. The first-order valence-corrected chi connectivity index (χ1v) is 7.93. The fourth-order valence-corrected chi connectivity index (χ4v) is 2.62. The number of halogens is 2. The Hall–Kier alpha value is -1.32. The van der Waals surface area contributed by atoms with Crippen LogP contribution in [0.2, 0.25) is 10.0 Å². The van der Waals surface area contributed by atoms with Crippen LogP contribution in [0, 0.1) is 6.92 Å². The number of hydrogen-bond donors (Lipinski definition) is 1. The summed E-state index contributed by atoms with van der Waals surface area (Å²) in [5.74, 6) is 2.35. The van der Waals surface area contributed by atoms with E-state index in [1.165, 1.54) is 12.8 Å². The minimum Gasteiger partial charge on any atom is -0.370 e. The lowest BCUT2D eigenvalue weighted by Gasteiger charge is -2.13.